The number of nitrogens with zero attached hydrogens (tertiary/aromatic N) is 1. The first-order valence-corrected chi connectivity index (χ1v) is 6.46. The normalized spacial score (nSPS) is 12.8. The third kappa shape index (κ3) is 20.7. The molecule has 0 fully saturated rings. The largest absolute Gasteiger partial charge is 0.662 e. The van der Waals surface area contributed by atoms with E-state index < -0.39 is 0 Å². The molecule has 0 radical (unpaired) electrons. The molecule has 114 valence electrons. The van der Waals surface area contributed by atoms with Gasteiger partial charge in [-0.3, -0.25) is 4.79 Å². The van der Waals surface area contributed by atoms with E-state index >= 15 is 0 Å². The number of carbonyl (C=O) groups is 1. The van der Waals surface area contributed by atoms with Crippen LogP contribution in [0.2, 0.25) is 0 Å². The van der Waals surface area contributed by atoms with Gasteiger partial charge in [0.2, 0.25) is 0 Å². The van der Waals surface area contributed by atoms with Crippen LogP contribution in [0.1, 0.15) is 42.0 Å². The van der Waals surface area contributed by atoms with Crippen molar-refractivity contribution >= 4 is 6.47 Å². The van der Waals surface area contributed by atoms with Gasteiger partial charge in [0.05, 0.1) is 20.1 Å². The van der Waals surface area contributed by atoms with E-state index in [9.17, 15) is 0 Å². The van der Waals surface area contributed by atoms with Crippen molar-refractivity contribution in [2.24, 2.45) is 0 Å². The van der Waals surface area contributed by atoms with Gasteiger partial charge in [-0.1, -0.05) is 13.8 Å². The summed E-state index contributed by atoms with van der Waals surface area (Å²) in [5.74, 6) is 0. The Balaban J connectivity index is -0.0000000900. The summed E-state index contributed by atoms with van der Waals surface area (Å²) in [5.41, 5.74) is 0. The fraction of sp³-hybridized carbons (Fsp3) is 0.923. The second-order valence-corrected chi connectivity index (χ2v) is 4.80. The van der Waals surface area contributed by atoms with Gasteiger partial charge in [0.1, 0.15) is 0 Å². The molecule has 0 aliphatic heterocycles. The number of quaternary nitrogens is 1. The van der Waals surface area contributed by atoms with Crippen LogP contribution < -0.4 is 10.2 Å². The molecule has 0 spiro atoms. The number of nitrogens with one attached hydrogen (secondary N) is 1. The topological polar surface area (TPSA) is 57.0 Å². The Bertz CT molecular complexity index is 156. The summed E-state index contributed by atoms with van der Waals surface area (Å²) in [6.07, 6.45) is 2.52. The van der Waals surface area contributed by atoms with E-state index in [1.165, 1.54) is 12.8 Å². The first-order chi connectivity index (χ1) is 8.28. The molecule has 0 aliphatic carbocycles. The molecule has 0 heterocycles. The van der Waals surface area contributed by atoms with Crippen LogP contribution in [0.5, 0.6) is 0 Å². The van der Waals surface area contributed by atoms with Gasteiger partial charge in [-0.05, 0) is 40.8 Å². The standard InChI is InChI=1S/2C6H15N.CH2O3.H2/c2*1-5-6(2)7(3)4;2-1-4-3;/h2*6H,5H2,1-4H3;1,3H;1H/i;;;1+1. The van der Waals surface area contributed by atoms with Gasteiger partial charge in [-0.25, -0.2) is 0 Å². The van der Waals surface area contributed by atoms with Crippen molar-refractivity contribution in [1.29, 1.82) is 0 Å². The Morgan fingerprint density at radius 1 is 1.28 bits per heavy atom. The van der Waals surface area contributed by atoms with Crippen molar-refractivity contribution in [3.63, 3.8) is 0 Å². The first-order valence-electron chi connectivity index (χ1n) is 6.46. The van der Waals surface area contributed by atoms with Gasteiger partial charge in [0.25, 0.3) is 6.47 Å². The molecule has 1 N–H and O–H groups in total. The summed E-state index contributed by atoms with van der Waals surface area (Å²) in [6.45, 7) is 8.72. The molecule has 0 aromatic carbocycles. The van der Waals surface area contributed by atoms with Crippen LogP contribution in [-0.2, 0) is 9.68 Å². The van der Waals surface area contributed by atoms with E-state index in [1.54, 1.807) is 4.90 Å². The molecule has 0 rings (SSSR count). The van der Waals surface area contributed by atoms with Crippen molar-refractivity contribution in [2.75, 3.05) is 28.2 Å². The average molecular weight is 267 g/mol. The predicted molar refractivity (Wildman–Crippen MR) is 75.3 cm³/mol. The third-order valence-electron chi connectivity index (χ3n) is 3.11. The van der Waals surface area contributed by atoms with Crippen LogP contribution in [-0.4, -0.2) is 51.6 Å². The third-order valence-corrected chi connectivity index (χ3v) is 3.11. The zero-order chi connectivity index (χ0) is 15.1. The molecule has 0 aliphatic rings. The second-order valence-electron chi connectivity index (χ2n) is 4.80. The van der Waals surface area contributed by atoms with E-state index in [4.69, 9.17) is 10.1 Å². The number of rotatable bonds is 5. The van der Waals surface area contributed by atoms with Gasteiger partial charge in [-0.15, -0.1) is 0 Å². The van der Waals surface area contributed by atoms with Crippen LogP contribution >= 0.6 is 0 Å². The maximum Gasteiger partial charge on any atom is 0.287 e. The van der Waals surface area contributed by atoms with Crippen molar-refractivity contribution < 1.29 is 21.3 Å². The summed E-state index contributed by atoms with van der Waals surface area (Å²) in [7, 11) is 8.59. The minimum Gasteiger partial charge on any atom is -0.662 e. The Labute approximate surface area is 114 Å². The molecule has 18 heavy (non-hydrogen) atoms. The van der Waals surface area contributed by atoms with Crippen LogP contribution in [0.3, 0.4) is 0 Å². The molecule has 5 nitrogen and oxygen atoms in total. The quantitative estimate of drug-likeness (QED) is 0.431. The van der Waals surface area contributed by atoms with Crippen LogP contribution in [0.4, 0.5) is 0 Å². The maximum absolute atomic E-state index is 8.64. The van der Waals surface area contributed by atoms with Crippen molar-refractivity contribution in [2.45, 2.75) is 52.6 Å². The summed E-state index contributed by atoms with van der Waals surface area (Å²) in [5, 5.41) is 8.43. The molecule has 2 atom stereocenters. The van der Waals surface area contributed by atoms with E-state index in [1.807, 2.05) is 0 Å². The number of carbonyl (C=O) groups excluding carboxylic acids is 1. The molecule has 0 aromatic rings. The molecule has 5 heteroatoms. The molecule has 0 amide bonds. The summed E-state index contributed by atoms with van der Waals surface area (Å²) in [6, 6.07) is 1.56. The van der Waals surface area contributed by atoms with Gasteiger partial charge < -0.3 is 19.9 Å². The minimum atomic E-state index is -0.181. The van der Waals surface area contributed by atoms with E-state index in [0.29, 0.717) is 0 Å². The van der Waals surface area contributed by atoms with E-state index in [2.05, 4.69) is 65.7 Å². The highest BCUT2D eigenvalue weighted by molar-refractivity contribution is 5.35. The Hall–Kier alpha value is -0.650. The summed E-state index contributed by atoms with van der Waals surface area (Å²) < 4.78 is 0. The lowest BCUT2D eigenvalue weighted by molar-refractivity contribution is -0.883. The fourth-order valence-corrected chi connectivity index (χ4v) is 0.773. The Morgan fingerprint density at radius 3 is 1.67 bits per heavy atom. The lowest BCUT2D eigenvalue weighted by Crippen LogP contribution is -3.09. The summed E-state index contributed by atoms with van der Waals surface area (Å²) in [4.78, 5) is 15.0. The molecular weight excluding hydrogens is 232 g/mol. The fourth-order valence-electron chi connectivity index (χ4n) is 0.773. The molecule has 0 saturated carbocycles. The van der Waals surface area contributed by atoms with Crippen LogP contribution in [0, 0.1) is 0 Å². The summed E-state index contributed by atoms with van der Waals surface area (Å²) >= 11 is 0. The molecule has 0 bridgehead atoms. The lowest BCUT2D eigenvalue weighted by atomic mass is 10.2. The van der Waals surface area contributed by atoms with Crippen molar-refractivity contribution in [3.05, 3.63) is 0 Å². The zero-order valence-corrected chi connectivity index (χ0v) is 13.3. The van der Waals surface area contributed by atoms with Crippen molar-refractivity contribution in [3.8, 4) is 0 Å². The number of hydrogen-bond acceptors (Lipinski definition) is 4. The maximum atomic E-state index is 8.64. The minimum absolute atomic E-state index is 0. The van der Waals surface area contributed by atoms with Gasteiger partial charge in [0.15, 0.2) is 0 Å². The predicted octanol–water partition coefficient (Wildman–Crippen LogP) is -0.0434. The van der Waals surface area contributed by atoms with Gasteiger partial charge in [-0.2, -0.15) is 0 Å². The van der Waals surface area contributed by atoms with E-state index in [-0.39, 0.29) is 7.90 Å². The molecule has 2 unspecified atom stereocenters. The lowest BCUT2D eigenvalue weighted by Gasteiger charge is -2.16. The molecule has 0 aromatic heterocycles. The smallest absolute Gasteiger partial charge is 0.287 e. The highest BCUT2D eigenvalue weighted by atomic mass is 17.1. The molecular formula is C13H34N2O3. The Kier molecular flexibility index (Phi) is 20.5. The van der Waals surface area contributed by atoms with Gasteiger partial charge in [0, 0.05) is 7.47 Å². The van der Waals surface area contributed by atoms with Crippen LogP contribution in [0.25, 0.3) is 0 Å². The second kappa shape index (κ2) is 16.4. The monoisotopic (exact) mass is 267 g/mol. The highest BCUT2D eigenvalue weighted by Crippen LogP contribution is 1.93. The first kappa shape index (κ1) is 22.5. The zero-order valence-electron chi connectivity index (χ0n) is 13.3. The van der Waals surface area contributed by atoms with Gasteiger partial charge >= 0.3 is 0 Å². The van der Waals surface area contributed by atoms with Crippen LogP contribution in [0.15, 0.2) is 0 Å². The average Bonchev–Trinajstić information content (AvgIpc) is 2.37. The van der Waals surface area contributed by atoms with Crippen molar-refractivity contribution in [1.82, 2.24) is 4.90 Å². The van der Waals surface area contributed by atoms with E-state index in [0.717, 1.165) is 12.1 Å². The molecule has 0 saturated heterocycles. The Morgan fingerprint density at radius 2 is 1.67 bits per heavy atom. The SMILES string of the molecule is CCC(C)N(C)C.CCC(C)[NH+](C)C.O=CO[O-].[2HH]. The highest BCUT2D eigenvalue weighted by Gasteiger charge is 2.01. The number of hydrogen-bond donors (Lipinski definition) is 1.